The van der Waals surface area contributed by atoms with Crippen molar-refractivity contribution in [2.45, 2.75) is 0 Å². The summed E-state index contributed by atoms with van der Waals surface area (Å²) in [6, 6.07) is 63.5. The smallest absolute Gasteiger partial charge is 0.235 e. The van der Waals surface area contributed by atoms with E-state index in [2.05, 4.69) is 161 Å². The van der Waals surface area contributed by atoms with Crippen LogP contribution in [-0.4, -0.2) is 14.5 Å². The zero-order chi connectivity index (χ0) is 35.3. The predicted octanol–water partition coefficient (Wildman–Crippen LogP) is 13.1. The van der Waals surface area contributed by atoms with Crippen LogP contribution in [0.25, 0.3) is 98.9 Å². The Morgan fingerprint density at radius 3 is 1.58 bits per heavy atom. The second-order valence-electron chi connectivity index (χ2n) is 13.4. The third-order valence-corrected chi connectivity index (χ3v) is 10.2. The molecule has 2 aromatic heterocycles. The van der Waals surface area contributed by atoms with Gasteiger partial charge in [-0.2, -0.15) is 0 Å². The van der Waals surface area contributed by atoms with Crippen LogP contribution in [0.4, 0.5) is 5.69 Å². The second-order valence-corrected chi connectivity index (χ2v) is 13.4. The summed E-state index contributed by atoms with van der Waals surface area (Å²) in [4.78, 5) is 14.3. The molecule has 8 aromatic carbocycles. The number of nitrogens with zero attached hydrogens (tertiary/aromatic N) is 4. The summed E-state index contributed by atoms with van der Waals surface area (Å²) in [7, 11) is 0. The Balaban J connectivity index is 1.20. The molecule has 0 aliphatic carbocycles. The van der Waals surface area contributed by atoms with Gasteiger partial charge in [0.05, 0.1) is 28.8 Å². The Bertz CT molecular complexity index is 3030. The average Bonchev–Trinajstić information content (AvgIpc) is 3.55. The van der Waals surface area contributed by atoms with Gasteiger partial charge in [-0.05, 0) is 86.1 Å². The van der Waals surface area contributed by atoms with Crippen molar-refractivity contribution < 1.29 is 0 Å². The Labute approximate surface area is 306 Å². The first-order valence-corrected chi connectivity index (χ1v) is 17.7. The third kappa shape index (κ3) is 5.31. The van der Waals surface area contributed by atoms with E-state index in [0.717, 1.165) is 66.0 Å². The number of aromatic nitrogens is 3. The normalized spacial score (nSPS) is 11.4. The molecule has 0 bridgehead atoms. The molecule has 10 rings (SSSR count). The number of hydrogen-bond acceptors (Lipinski definition) is 2. The lowest BCUT2D eigenvalue weighted by Gasteiger charge is -2.13. The molecule has 0 N–H and O–H groups in total. The topological polar surface area (TPSA) is 35.1 Å². The minimum atomic E-state index is 0.593. The van der Waals surface area contributed by atoms with Gasteiger partial charge < -0.3 is 0 Å². The number of hydrogen-bond donors (Lipinski definition) is 0. The van der Waals surface area contributed by atoms with Crippen LogP contribution in [0.1, 0.15) is 0 Å². The van der Waals surface area contributed by atoms with Crippen LogP contribution in [0.3, 0.4) is 0 Å². The summed E-state index contributed by atoms with van der Waals surface area (Å²) in [6.45, 7) is 7.55. The molecule has 0 saturated carbocycles. The molecule has 53 heavy (non-hydrogen) atoms. The molecule has 0 spiro atoms. The zero-order valence-electron chi connectivity index (χ0n) is 28.6. The average molecular weight is 675 g/mol. The fraction of sp³-hybridized carbons (Fsp3) is 0. The van der Waals surface area contributed by atoms with Crippen molar-refractivity contribution in [3.63, 3.8) is 0 Å². The summed E-state index contributed by atoms with van der Waals surface area (Å²) in [6.07, 6.45) is 0. The molecule has 0 fully saturated rings. The number of fused-ring (bicyclic) bond motifs is 5. The lowest BCUT2D eigenvalue weighted by atomic mass is 9.98. The maximum absolute atomic E-state index is 7.55. The number of benzene rings is 8. The van der Waals surface area contributed by atoms with Crippen LogP contribution >= 0.6 is 0 Å². The van der Waals surface area contributed by atoms with Gasteiger partial charge in [-0.1, -0.05) is 146 Å². The first kappa shape index (κ1) is 30.5. The van der Waals surface area contributed by atoms with E-state index in [9.17, 15) is 0 Å². The molecule has 0 aliphatic rings. The fourth-order valence-corrected chi connectivity index (χ4v) is 7.53. The molecule has 246 valence electrons. The van der Waals surface area contributed by atoms with E-state index >= 15 is 0 Å². The summed E-state index contributed by atoms with van der Waals surface area (Å²) in [5.74, 6) is 0.601. The van der Waals surface area contributed by atoms with E-state index in [1.807, 2.05) is 30.3 Å². The quantitative estimate of drug-likeness (QED) is 0.170. The van der Waals surface area contributed by atoms with Gasteiger partial charge in [0, 0.05) is 16.2 Å². The van der Waals surface area contributed by atoms with E-state index in [4.69, 9.17) is 16.5 Å². The Morgan fingerprint density at radius 1 is 0.396 bits per heavy atom. The van der Waals surface area contributed by atoms with E-state index in [1.165, 1.54) is 22.1 Å². The molecule has 2 heterocycles. The van der Waals surface area contributed by atoms with Crippen molar-refractivity contribution in [2.75, 3.05) is 0 Å². The molecule has 0 amide bonds. The monoisotopic (exact) mass is 674 g/mol. The standard InChI is InChI=1S/C49H30N4/c1-50-41-24-20-36(21-25-41)48-44-30-39(35-18-16-34(17-19-35)32-10-4-2-5-11-32)22-26-45(44)51-49(52-48)53-46-27-23-40(33-12-6-3-7-13-33)29-42(46)43-28-37-14-8-9-15-38(37)31-47(43)53/h2-31H. The lowest BCUT2D eigenvalue weighted by Crippen LogP contribution is -2.03. The SMILES string of the molecule is [C-]#[N+]c1ccc(-c2nc(-n3c4ccc(-c5ccccc5)cc4c4cc5ccccc5cc43)nc3ccc(-c4ccc(-c5ccccc5)cc4)cc23)cc1. The minimum Gasteiger partial charge on any atom is -0.278 e. The van der Waals surface area contributed by atoms with Gasteiger partial charge in [-0.3, -0.25) is 4.57 Å². The van der Waals surface area contributed by atoms with Gasteiger partial charge in [0.1, 0.15) is 0 Å². The van der Waals surface area contributed by atoms with Crippen molar-refractivity contribution in [3.8, 4) is 50.6 Å². The first-order chi connectivity index (χ1) is 26.2. The Kier molecular flexibility index (Phi) is 7.16. The van der Waals surface area contributed by atoms with Gasteiger partial charge in [-0.25, -0.2) is 14.8 Å². The van der Waals surface area contributed by atoms with E-state index < -0.39 is 0 Å². The molecular weight excluding hydrogens is 645 g/mol. The minimum absolute atomic E-state index is 0.593. The Morgan fingerprint density at radius 2 is 0.906 bits per heavy atom. The van der Waals surface area contributed by atoms with Gasteiger partial charge in [0.2, 0.25) is 5.95 Å². The summed E-state index contributed by atoms with van der Waals surface area (Å²) < 4.78 is 2.21. The molecule has 4 heteroatoms. The van der Waals surface area contributed by atoms with E-state index in [1.54, 1.807) is 0 Å². The Hall–Kier alpha value is -7.35. The van der Waals surface area contributed by atoms with Crippen LogP contribution in [0.2, 0.25) is 0 Å². The van der Waals surface area contributed by atoms with Crippen LogP contribution < -0.4 is 0 Å². The summed E-state index contributed by atoms with van der Waals surface area (Å²) in [5, 5.41) is 5.59. The largest absolute Gasteiger partial charge is 0.278 e. The maximum Gasteiger partial charge on any atom is 0.235 e. The number of rotatable bonds is 5. The molecule has 0 unspecified atom stereocenters. The molecule has 10 aromatic rings. The maximum atomic E-state index is 7.55. The summed E-state index contributed by atoms with van der Waals surface area (Å²) in [5.41, 5.74) is 12.2. The lowest BCUT2D eigenvalue weighted by molar-refractivity contribution is 1.01. The molecular formula is C49H30N4. The highest BCUT2D eigenvalue weighted by atomic mass is 15.2. The van der Waals surface area contributed by atoms with Crippen LogP contribution in [0.15, 0.2) is 182 Å². The van der Waals surface area contributed by atoms with E-state index in [-0.39, 0.29) is 0 Å². The van der Waals surface area contributed by atoms with Gasteiger partial charge in [0.15, 0.2) is 5.69 Å². The van der Waals surface area contributed by atoms with Crippen molar-refractivity contribution in [2.24, 2.45) is 0 Å². The highest BCUT2D eigenvalue weighted by Gasteiger charge is 2.19. The first-order valence-electron chi connectivity index (χ1n) is 17.7. The van der Waals surface area contributed by atoms with Crippen LogP contribution in [0, 0.1) is 6.57 Å². The van der Waals surface area contributed by atoms with Crippen molar-refractivity contribution >= 4 is 49.2 Å². The highest BCUT2D eigenvalue weighted by Crippen LogP contribution is 2.39. The van der Waals surface area contributed by atoms with Crippen LogP contribution in [0.5, 0.6) is 0 Å². The van der Waals surface area contributed by atoms with Gasteiger partial charge >= 0.3 is 0 Å². The van der Waals surface area contributed by atoms with Crippen molar-refractivity contribution in [3.05, 3.63) is 193 Å². The van der Waals surface area contributed by atoms with E-state index in [0.29, 0.717) is 11.6 Å². The van der Waals surface area contributed by atoms with Crippen molar-refractivity contribution in [1.29, 1.82) is 0 Å². The predicted molar refractivity (Wildman–Crippen MR) is 219 cm³/mol. The second kappa shape index (κ2) is 12.5. The molecule has 0 radical (unpaired) electrons. The third-order valence-electron chi connectivity index (χ3n) is 10.2. The van der Waals surface area contributed by atoms with Gasteiger partial charge in [0.25, 0.3) is 0 Å². The van der Waals surface area contributed by atoms with Crippen LogP contribution in [-0.2, 0) is 0 Å². The molecule has 0 atom stereocenters. The van der Waals surface area contributed by atoms with Crippen molar-refractivity contribution in [1.82, 2.24) is 14.5 Å². The highest BCUT2D eigenvalue weighted by molar-refractivity contribution is 6.14. The summed E-state index contributed by atoms with van der Waals surface area (Å²) >= 11 is 0. The molecule has 4 nitrogen and oxygen atoms in total. The fourth-order valence-electron chi connectivity index (χ4n) is 7.53. The molecule has 0 saturated heterocycles. The molecule has 0 aliphatic heterocycles. The van der Waals surface area contributed by atoms with Gasteiger partial charge in [-0.15, -0.1) is 0 Å². The zero-order valence-corrected chi connectivity index (χ0v) is 28.6.